The van der Waals surface area contributed by atoms with E-state index in [1.54, 1.807) is 11.9 Å². The number of hydrogen-bond acceptors (Lipinski definition) is 1. The molecule has 11 heavy (non-hydrogen) atoms. The molecule has 0 saturated carbocycles. The third-order valence-electron chi connectivity index (χ3n) is 1.68. The highest BCUT2D eigenvalue weighted by Gasteiger charge is 2.35. The van der Waals surface area contributed by atoms with Gasteiger partial charge in [-0.1, -0.05) is 13.8 Å². The first-order valence-corrected chi connectivity index (χ1v) is 3.63. The zero-order valence-corrected chi connectivity index (χ0v) is 7.07. The van der Waals surface area contributed by atoms with E-state index >= 15 is 0 Å². The Hall–Kier alpha value is -0.250. The second-order valence-corrected chi connectivity index (χ2v) is 2.80. The molecule has 0 heterocycles. The molecule has 0 aliphatic heterocycles. The van der Waals surface area contributed by atoms with Crippen LogP contribution < -0.4 is 0 Å². The maximum absolute atomic E-state index is 11.9. The van der Waals surface area contributed by atoms with E-state index in [9.17, 15) is 13.2 Å². The van der Waals surface area contributed by atoms with Gasteiger partial charge in [-0.3, -0.25) is 0 Å². The first kappa shape index (κ1) is 10.8. The molecule has 0 saturated heterocycles. The second-order valence-electron chi connectivity index (χ2n) is 2.80. The maximum Gasteiger partial charge on any atom is 0.392 e. The number of halogens is 3. The van der Waals surface area contributed by atoms with Crippen LogP contribution in [0.2, 0.25) is 0 Å². The fourth-order valence-electron chi connectivity index (χ4n) is 0.700. The van der Waals surface area contributed by atoms with Crippen LogP contribution >= 0.6 is 0 Å². The lowest BCUT2D eigenvalue weighted by Gasteiger charge is -2.21. The number of rotatable bonds is 3. The van der Waals surface area contributed by atoms with Crippen LogP contribution in [0, 0.1) is 5.92 Å². The highest BCUT2D eigenvalue weighted by atomic mass is 19.4. The van der Waals surface area contributed by atoms with Gasteiger partial charge in [0, 0.05) is 6.54 Å². The molecule has 1 unspecified atom stereocenters. The van der Waals surface area contributed by atoms with Crippen molar-refractivity contribution in [1.29, 1.82) is 0 Å². The summed E-state index contributed by atoms with van der Waals surface area (Å²) in [5, 5.41) is 0. The van der Waals surface area contributed by atoms with Gasteiger partial charge in [0.05, 0.1) is 5.92 Å². The summed E-state index contributed by atoms with van der Waals surface area (Å²) in [6.07, 6.45) is -4.05. The molecule has 0 spiro atoms. The standard InChI is InChI=1S/C7H14F3N/c1-4-11(3)5-6(2)7(8,9)10/h6H,4-5H2,1-3H3. The minimum Gasteiger partial charge on any atom is -0.306 e. The van der Waals surface area contributed by atoms with E-state index in [4.69, 9.17) is 0 Å². The summed E-state index contributed by atoms with van der Waals surface area (Å²) in [4.78, 5) is 1.65. The molecule has 4 heteroatoms. The minimum absolute atomic E-state index is 0.0833. The molecule has 0 bridgehead atoms. The number of nitrogens with zero attached hydrogens (tertiary/aromatic N) is 1. The highest BCUT2D eigenvalue weighted by Crippen LogP contribution is 2.25. The Labute approximate surface area is 65.2 Å². The molecule has 0 radical (unpaired) electrons. The van der Waals surface area contributed by atoms with Gasteiger partial charge in [0.25, 0.3) is 0 Å². The predicted octanol–water partition coefficient (Wildman–Crippen LogP) is 2.14. The van der Waals surface area contributed by atoms with Crippen molar-refractivity contribution in [1.82, 2.24) is 4.90 Å². The average molecular weight is 169 g/mol. The topological polar surface area (TPSA) is 3.24 Å². The Morgan fingerprint density at radius 2 is 1.82 bits per heavy atom. The van der Waals surface area contributed by atoms with Crippen LogP contribution in [0.4, 0.5) is 13.2 Å². The maximum atomic E-state index is 11.9. The molecule has 68 valence electrons. The zero-order chi connectivity index (χ0) is 9.07. The fraction of sp³-hybridized carbons (Fsp3) is 1.00. The van der Waals surface area contributed by atoms with Crippen LogP contribution in [0.1, 0.15) is 13.8 Å². The minimum atomic E-state index is -4.05. The van der Waals surface area contributed by atoms with Crippen molar-refractivity contribution in [2.24, 2.45) is 5.92 Å². The van der Waals surface area contributed by atoms with Gasteiger partial charge in [0.2, 0.25) is 0 Å². The molecule has 1 atom stereocenters. The Morgan fingerprint density at radius 3 is 2.09 bits per heavy atom. The molecule has 0 fully saturated rings. The van der Waals surface area contributed by atoms with Gasteiger partial charge in [-0.25, -0.2) is 0 Å². The zero-order valence-electron chi connectivity index (χ0n) is 7.07. The third kappa shape index (κ3) is 4.24. The molecular formula is C7H14F3N. The van der Waals surface area contributed by atoms with Crippen LogP contribution in [-0.4, -0.2) is 31.2 Å². The fourth-order valence-corrected chi connectivity index (χ4v) is 0.700. The van der Waals surface area contributed by atoms with Gasteiger partial charge >= 0.3 is 6.18 Å². The van der Waals surface area contributed by atoms with E-state index in [0.29, 0.717) is 6.54 Å². The number of hydrogen-bond donors (Lipinski definition) is 0. The largest absolute Gasteiger partial charge is 0.392 e. The van der Waals surface area contributed by atoms with Gasteiger partial charge in [-0.15, -0.1) is 0 Å². The lowest BCUT2D eigenvalue weighted by molar-refractivity contribution is -0.173. The number of alkyl halides is 3. The van der Waals surface area contributed by atoms with Crippen molar-refractivity contribution in [2.45, 2.75) is 20.0 Å². The monoisotopic (exact) mass is 169 g/mol. The highest BCUT2D eigenvalue weighted by molar-refractivity contribution is 4.65. The molecule has 0 aromatic carbocycles. The Morgan fingerprint density at radius 1 is 1.36 bits per heavy atom. The molecule has 0 N–H and O–H groups in total. The van der Waals surface area contributed by atoms with Crippen molar-refractivity contribution in [2.75, 3.05) is 20.1 Å². The smallest absolute Gasteiger partial charge is 0.306 e. The lowest BCUT2D eigenvalue weighted by atomic mass is 10.1. The summed E-state index contributed by atoms with van der Waals surface area (Å²) in [6, 6.07) is 0. The Bertz CT molecular complexity index is 111. The summed E-state index contributed by atoms with van der Waals surface area (Å²) < 4.78 is 35.8. The molecule has 1 nitrogen and oxygen atoms in total. The van der Waals surface area contributed by atoms with Gasteiger partial charge in [0.1, 0.15) is 0 Å². The summed E-state index contributed by atoms with van der Waals surface area (Å²) in [6.45, 7) is 3.77. The molecule has 0 aliphatic rings. The second kappa shape index (κ2) is 3.95. The van der Waals surface area contributed by atoms with Crippen LogP contribution in [0.15, 0.2) is 0 Å². The van der Waals surface area contributed by atoms with E-state index in [-0.39, 0.29) is 6.54 Å². The average Bonchev–Trinajstić information content (AvgIpc) is 1.85. The lowest BCUT2D eigenvalue weighted by Crippen LogP contribution is -2.32. The van der Waals surface area contributed by atoms with E-state index in [1.165, 1.54) is 6.92 Å². The normalized spacial score (nSPS) is 15.5. The summed E-state index contributed by atoms with van der Waals surface area (Å²) >= 11 is 0. The SMILES string of the molecule is CCN(C)CC(C)C(F)(F)F. The van der Waals surface area contributed by atoms with Crippen LogP contribution in [0.5, 0.6) is 0 Å². The van der Waals surface area contributed by atoms with E-state index in [1.807, 2.05) is 6.92 Å². The van der Waals surface area contributed by atoms with E-state index < -0.39 is 12.1 Å². The van der Waals surface area contributed by atoms with E-state index in [0.717, 1.165) is 0 Å². The van der Waals surface area contributed by atoms with Crippen molar-refractivity contribution >= 4 is 0 Å². The predicted molar refractivity (Wildman–Crippen MR) is 38.4 cm³/mol. The molecule has 0 rings (SSSR count). The van der Waals surface area contributed by atoms with Crippen LogP contribution in [0.25, 0.3) is 0 Å². The molecule has 0 aromatic rings. The van der Waals surface area contributed by atoms with Crippen molar-refractivity contribution in [3.05, 3.63) is 0 Å². The first-order valence-electron chi connectivity index (χ1n) is 3.63. The van der Waals surface area contributed by atoms with Gasteiger partial charge in [-0.05, 0) is 13.6 Å². The first-order chi connectivity index (χ1) is 4.88. The van der Waals surface area contributed by atoms with Crippen molar-refractivity contribution in [3.63, 3.8) is 0 Å². The van der Waals surface area contributed by atoms with Crippen molar-refractivity contribution in [3.8, 4) is 0 Å². The Balaban J connectivity index is 3.77. The van der Waals surface area contributed by atoms with Crippen LogP contribution in [0.3, 0.4) is 0 Å². The molecule has 0 aromatic heterocycles. The van der Waals surface area contributed by atoms with Gasteiger partial charge in [-0.2, -0.15) is 13.2 Å². The molecule has 0 amide bonds. The van der Waals surface area contributed by atoms with Gasteiger partial charge < -0.3 is 4.90 Å². The third-order valence-corrected chi connectivity index (χ3v) is 1.68. The van der Waals surface area contributed by atoms with Crippen molar-refractivity contribution < 1.29 is 13.2 Å². The summed E-state index contributed by atoms with van der Waals surface area (Å²) in [5.74, 6) is -1.23. The Kier molecular flexibility index (Phi) is 3.86. The summed E-state index contributed by atoms with van der Waals surface area (Å²) in [7, 11) is 1.68. The van der Waals surface area contributed by atoms with Crippen LogP contribution in [-0.2, 0) is 0 Å². The summed E-state index contributed by atoms with van der Waals surface area (Å²) in [5.41, 5.74) is 0. The van der Waals surface area contributed by atoms with E-state index in [2.05, 4.69) is 0 Å². The molecule has 0 aliphatic carbocycles. The molecular weight excluding hydrogens is 155 g/mol. The van der Waals surface area contributed by atoms with Gasteiger partial charge in [0.15, 0.2) is 0 Å². The quantitative estimate of drug-likeness (QED) is 0.625.